The standard InChI is InChI=1S/C9H13N5/c1-3-6(2)14-9-7(4-10)8(11)12-5-13-9/h5-6H,3H2,1-2H3,(H3,11,12,13,14)/t6-/m0/s1. The number of nitriles is 1. The third-order valence-corrected chi connectivity index (χ3v) is 1.98. The van der Waals surface area contributed by atoms with Crippen LogP contribution >= 0.6 is 0 Å². The molecule has 0 saturated heterocycles. The van der Waals surface area contributed by atoms with Gasteiger partial charge < -0.3 is 11.1 Å². The molecule has 1 aromatic rings. The van der Waals surface area contributed by atoms with Crippen LogP contribution in [-0.4, -0.2) is 16.0 Å². The van der Waals surface area contributed by atoms with Crippen molar-refractivity contribution in [2.24, 2.45) is 0 Å². The molecule has 0 spiro atoms. The van der Waals surface area contributed by atoms with Crippen LogP contribution in [0.15, 0.2) is 6.33 Å². The van der Waals surface area contributed by atoms with Gasteiger partial charge >= 0.3 is 0 Å². The van der Waals surface area contributed by atoms with Gasteiger partial charge in [-0.1, -0.05) is 6.92 Å². The van der Waals surface area contributed by atoms with E-state index in [1.54, 1.807) is 0 Å². The number of nitrogens with two attached hydrogens (primary N) is 1. The van der Waals surface area contributed by atoms with E-state index in [0.29, 0.717) is 11.4 Å². The summed E-state index contributed by atoms with van der Waals surface area (Å²) in [4.78, 5) is 7.72. The number of anilines is 2. The number of nitrogen functional groups attached to an aromatic ring is 1. The van der Waals surface area contributed by atoms with Gasteiger partial charge in [0, 0.05) is 6.04 Å². The lowest BCUT2D eigenvalue weighted by molar-refractivity contribution is 0.758. The van der Waals surface area contributed by atoms with Gasteiger partial charge in [-0.25, -0.2) is 9.97 Å². The van der Waals surface area contributed by atoms with Crippen LogP contribution in [0.2, 0.25) is 0 Å². The Labute approximate surface area is 83.0 Å². The first kappa shape index (κ1) is 10.3. The number of hydrogen-bond acceptors (Lipinski definition) is 5. The molecule has 0 amide bonds. The van der Waals surface area contributed by atoms with Crippen LogP contribution < -0.4 is 11.1 Å². The molecule has 14 heavy (non-hydrogen) atoms. The van der Waals surface area contributed by atoms with Crippen molar-refractivity contribution in [1.82, 2.24) is 9.97 Å². The molecule has 1 aromatic heterocycles. The van der Waals surface area contributed by atoms with E-state index in [2.05, 4.69) is 15.3 Å². The van der Waals surface area contributed by atoms with Crippen molar-refractivity contribution < 1.29 is 0 Å². The zero-order valence-electron chi connectivity index (χ0n) is 8.28. The second-order valence-electron chi connectivity index (χ2n) is 3.05. The minimum absolute atomic E-state index is 0.216. The van der Waals surface area contributed by atoms with Crippen molar-refractivity contribution in [2.75, 3.05) is 11.1 Å². The molecule has 0 radical (unpaired) electrons. The molecular formula is C9H13N5. The second kappa shape index (κ2) is 4.42. The van der Waals surface area contributed by atoms with Gasteiger partial charge in [0.2, 0.25) is 0 Å². The molecule has 0 bridgehead atoms. The Morgan fingerprint density at radius 3 is 2.93 bits per heavy atom. The van der Waals surface area contributed by atoms with Crippen molar-refractivity contribution in [1.29, 1.82) is 5.26 Å². The zero-order chi connectivity index (χ0) is 10.6. The van der Waals surface area contributed by atoms with Crippen LogP contribution in [0, 0.1) is 11.3 Å². The molecule has 0 aliphatic carbocycles. The van der Waals surface area contributed by atoms with Crippen molar-refractivity contribution >= 4 is 11.6 Å². The van der Waals surface area contributed by atoms with Crippen LogP contribution in [0.25, 0.3) is 0 Å². The SMILES string of the molecule is CC[C@H](C)Nc1ncnc(N)c1C#N. The van der Waals surface area contributed by atoms with Crippen molar-refractivity contribution in [3.05, 3.63) is 11.9 Å². The molecule has 74 valence electrons. The van der Waals surface area contributed by atoms with E-state index in [0.717, 1.165) is 6.42 Å². The summed E-state index contributed by atoms with van der Waals surface area (Å²) in [6, 6.07) is 2.24. The maximum Gasteiger partial charge on any atom is 0.149 e. The number of rotatable bonds is 3. The van der Waals surface area contributed by atoms with E-state index in [-0.39, 0.29) is 11.9 Å². The van der Waals surface area contributed by atoms with Gasteiger partial charge in [0.15, 0.2) is 0 Å². The highest BCUT2D eigenvalue weighted by Crippen LogP contribution is 2.16. The number of hydrogen-bond donors (Lipinski definition) is 2. The van der Waals surface area contributed by atoms with Gasteiger partial charge in [0.25, 0.3) is 0 Å². The van der Waals surface area contributed by atoms with Gasteiger partial charge in [-0.2, -0.15) is 5.26 Å². The lowest BCUT2D eigenvalue weighted by Gasteiger charge is -2.12. The van der Waals surface area contributed by atoms with E-state index in [9.17, 15) is 0 Å². The number of nitrogens with one attached hydrogen (secondary N) is 1. The molecule has 1 rings (SSSR count). The minimum Gasteiger partial charge on any atom is -0.382 e. The summed E-state index contributed by atoms with van der Waals surface area (Å²) >= 11 is 0. The van der Waals surface area contributed by atoms with E-state index < -0.39 is 0 Å². The third kappa shape index (κ3) is 2.10. The average Bonchev–Trinajstić information content (AvgIpc) is 2.18. The molecule has 3 N–H and O–H groups in total. The molecule has 0 aromatic carbocycles. The topological polar surface area (TPSA) is 87.6 Å². The third-order valence-electron chi connectivity index (χ3n) is 1.98. The van der Waals surface area contributed by atoms with Crippen LogP contribution in [0.1, 0.15) is 25.8 Å². The van der Waals surface area contributed by atoms with Crippen LogP contribution in [-0.2, 0) is 0 Å². The fourth-order valence-corrected chi connectivity index (χ4v) is 0.954. The molecule has 5 nitrogen and oxygen atoms in total. The summed E-state index contributed by atoms with van der Waals surface area (Å²) in [5.74, 6) is 0.725. The molecule has 0 aliphatic heterocycles. The van der Waals surface area contributed by atoms with Crippen molar-refractivity contribution in [3.8, 4) is 6.07 Å². The molecule has 0 saturated carbocycles. The Morgan fingerprint density at radius 2 is 2.36 bits per heavy atom. The fraction of sp³-hybridized carbons (Fsp3) is 0.444. The first-order chi connectivity index (χ1) is 6.69. The van der Waals surface area contributed by atoms with Gasteiger partial charge in [-0.05, 0) is 13.3 Å². The quantitative estimate of drug-likeness (QED) is 0.748. The lowest BCUT2D eigenvalue weighted by atomic mass is 10.2. The predicted molar refractivity (Wildman–Crippen MR) is 54.5 cm³/mol. The molecular weight excluding hydrogens is 178 g/mol. The minimum atomic E-state index is 0.216. The summed E-state index contributed by atoms with van der Waals surface area (Å²) in [7, 11) is 0. The van der Waals surface area contributed by atoms with Gasteiger partial charge in [-0.15, -0.1) is 0 Å². The predicted octanol–water partition coefficient (Wildman–Crippen LogP) is 1.14. The highest BCUT2D eigenvalue weighted by molar-refractivity contribution is 5.62. The smallest absolute Gasteiger partial charge is 0.149 e. The Hall–Kier alpha value is -1.83. The fourth-order valence-electron chi connectivity index (χ4n) is 0.954. The van der Waals surface area contributed by atoms with Gasteiger partial charge in [-0.3, -0.25) is 0 Å². The Balaban J connectivity index is 2.98. The zero-order valence-corrected chi connectivity index (χ0v) is 8.28. The van der Waals surface area contributed by atoms with Crippen molar-refractivity contribution in [3.63, 3.8) is 0 Å². The summed E-state index contributed by atoms with van der Waals surface area (Å²) in [6.07, 6.45) is 2.30. The maximum absolute atomic E-state index is 8.83. The first-order valence-corrected chi connectivity index (χ1v) is 4.46. The Morgan fingerprint density at radius 1 is 1.64 bits per heavy atom. The summed E-state index contributed by atoms with van der Waals surface area (Å²) in [5.41, 5.74) is 5.85. The molecule has 0 aliphatic rings. The van der Waals surface area contributed by atoms with E-state index >= 15 is 0 Å². The summed E-state index contributed by atoms with van der Waals surface area (Å²) < 4.78 is 0. The summed E-state index contributed by atoms with van der Waals surface area (Å²) in [5, 5.41) is 11.9. The monoisotopic (exact) mass is 191 g/mol. The van der Waals surface area contributed by atoms with Crippen molar-refractivity contribution in [2.45, 2.75) is 26.3 Å². The number of aromatic nitrogens is 2. The largest absolute Gasteiger partial charge is 0.382 e. The van der Waals surface area contributed by atoms with E-state index in [4.69, 9.17) is 11.0 Å². The Kier molecular flexibility index (Phi) is 3.24. The average molecular weight is 191 g/mol. The maximum atomic E-state index is 8.83. The van der Waals surface area contributed by atoms with Crippen LogP contribution in [0.5, 0.6) is 0 Å². The van der Waals surface area contributed by atoms with E-state index in [1.807, 2.05) is 19.9 Å². The molecule has 0 unspecified atom stereocenters. The molecule has 1 heterocycles. The van der Waals surface area contributed by atoms with E-state index in [1.165, 1.54) is 6.33 Å². The number of nitrogens with zero attached hydrogens (tertiary/aromatic N) is 3. The van der Waals surface area contributed by atoms with Crippen LogP contribution in [0.4, 0.5) is 11.6 Å². The van der Waals surface area contributed by atoms with Gasteiger partial charge in [0.1, 0.15) is 29.6 Å². The highest BCUT2D eigenvalue weighted by atomic mass is 15.0. The second-order valence-corrected chi connectivity index (χ2v) is 3.05. The van der Waals surface area contributed by atoms with Crippen LogP contribution in [0.3, 0.4) is 0 Å². The molecule has 5 heteroatoms. The van der Waals surface area contributed by atoms with Gasteiger partial charge in [0.05, 0.1) is 0 Å². The summed E-state index contributed by atoms with van der Waals surface area (Å²) in [6.45, 7) is 4.06. The lowest BCUT2D eigenvalue weighted by Crippen LogP contribution is -2.16. The highest BCUT2D eigenvalue weighted by Gasteiger charge is 2.09. The Bertz CT molecular complexity index is 355. The first-order valence-electron chi connectivity index (χ1n) is 4.46. The normalized spacial score (nSPS) is 11.8. The molecule has 1 atom stereocenters. The molecule has 0 fully saturated rings.